The van der Waals surface area contributed by atoms with Crippen molar-refractivity contribution in [1.29, 1.82) is 0 Å². The zero-order valence-electron chi connectivity index (χ0n) is 10.8. The fourth-order valence-corrected chi connectivity index (χ4v) is 1.78. The lowest BCUT2D eigenvalue weighted by atomic mass is 10.1. The molecule has 2 nitrogen and oxygen atoms in total. The highest BCUT2D eigenvalue weighted by Gasteiger charge is 2.41. The van der Waals surface area contributed by atoms with Gasteiger partial charge in [0, 0.05) is 18.1 Å². The molecule has 1 amide bonds. The summed E-state index contributed by atoms with van der Waals surface area (Å²) in [6, 6.07) is 6.78. The van der Waals surface area contributed by atoms with Crippen molar-refractivity contribution >= 4 is 17.5 Å². The topological polar surface area (TPSA) is 20.3 Å². The monoisotopic (exact) mass is 305 g/mol. The second kappa shape index (κ2) is 7.33. The quantitative estimate of drug-likeness (QED) is 0.731. The summed E-state index contributed by atoms with van der Waals surface area (Å²) in [4.78, 5) is 12.1. The van der Waals surface area contributed by atoms with Gasteiger partial charge in [0.1, 0.15) is 0 Å². The number of amides is 1. The normalized spacial score (nSPS) is 11.2. The van der Waals surface area contributed by atoms with Crippen molar-refractivity contribution in [3.63, 3.8) is 0 Å². The standard InChI is InChI=1S/C14H15ClF3NO/c1-2-3-9-19(13(20)14(16,17)18)10-8-11-4-6-12(15)7-5-11/h2,4-7H,1,3,8-10H2. The van der Waals surface area contributed by atoms with Gasteiger partial charge < -0.3 is 4.90 Å². The third-order valence-electron chi connectivity index (χ3n) is 2.72. The number of benzene rings is 1. The number of alkyl halides is 3. The van der Waals surface area contributed by atoms with E-state index in [4.69, 9.17) is 11.6 Å². The highest BCUT2D eigenvalue weighted by Crippen LogP contribution is 2.19. The average Bonchev–Trinajstić information content (AvgIpc) is 2.39. The van der Waals surface area contributed by atoms with E-state index in [0.29, 0.717) is 17.9 Å². The van der Waals surface area contributed by atoms with Crippen LogP contribution in [-0.4, -0.2) is 30.1 Å². The van der Waals surface area contributed by atoms with Crippen molar-refractivity contribution in [2.24, 2.45) is 0 Å². The summed E-state index contributed by atoms with van der Waals surface area (Å²) in [5.74, 6) is -1.81. The predicted octanol–water partition coefficient (Wildman–Crippen LogP) is 3.85. The van der Waals surface area contributed by atoms with E-state index in [1.807, 2.05) is 0 Å². The maximum absolute atomic E-state index is 12.5. The van der Waals surface area contributed by atoms with Gasteiger partial charge in [-0.3, -0.25) is 4.79 Å². The van der Waals surface area contributed by atoms with Crippen molar-refractivity contribution in [1.82, 2.24) is 4.90 Å². The van der Waals surface area contributed by atoms with Crippen LogP contribution < -0.4 is 0 Å². The van der Waals surface area contributed by atoms with Crippen LogP contribution in [0.3, 0.4) is 0 Å². The Hall–Kier alpha value is -1.49. The highest BCUT2D eigenvalue weighted by molar-refractivity contribution is 6.30. The molecule has 0 fully saturated rings. The fraction of sp³-hybridized carbons (Fsp3) is 0.357. The Morgan fingerprint density at radius 2 is 1.85 bits per heavy atom. The largest absolute Gasteiger partial charge is 0.471 e. The molecule has 0 N–H and O–H groups in total. The molecular weight excluding hydrogens is 291 g/mol. The molecule has 110 valence electrons. The first-order chi connectivity index (χ1) is 9.34. The second-order valence-corrected chi connectivity index (χ2v) is 4.68. The minimum atomic E-state index is -4.85. The van der Waals surface area contributed by atoms with Crippen molar-refractivity contribution in [3.05, 3.63) is 47.5 Å². The van der Waals surface area contributed by atoms with E-state index in [1.165, 1.54) is 6.08 Å². The van der Waals surface area contributed by atoms with Crippen LogP contribution in [0.1, 0.15) is 12.0 Å². The Bertz CT molecular complexity index is 456. The number of halogens is 4. The molecular formula is C14H15ClF3NO. The molecule has 0 spiro atoms. The van der Waals surface area contributed by atoms with Crippen LogP contribution in [0, 0.1) is 0 Å². The van der Waals surface area contributed by atoms with Crippen molar-refractivity contribution in [3.8, 4) is 0 Å². The Morgan fingerprint density at radius 3 is 2.35 bits per heavy atom. The molecule has 0 saturated carbocycles. The van der Waals surface area contributed by atoms with Crippen molar-refractivity contribution < 1.29 is 18.0 Å². The Balaban J connectivity index is 2.67. The predicted molar refractivity (Wildman–Crippen MR) is 72.6 cm³/mol. The van der Waals surface area contributed by atoms with Crippen LogP contribution in [0.25, 0.3) is 0 Å². The van der Waals surface area contributed by atoms with Gasteiger partial charge >= 0.3 is 12.1 Å². The summed E-state index contributed by atoms with van der Waals surface area (Å²) < 4.78 is 37.4. The molecule has 20 heavy (non-hydrogen) atoms. The zero-order chi connectivity index (χ0) is 15.2. The molecule has 1 aromatic rings. The maximum atomic E-state index is 12.5. The molecule has 0 aromatic heterocycles. The third-order valence-corrected chi connectivity index (χ3v) is 2.97. The first-order valence-corrected chi connectivity index (χ1v) is 6.44. The van der Waals surface area contributed by atoms with Crippen LogP contribution in [-0.2, 0) is 11.2 Å². The van der Waals surface area contributed by atoms with Crippen LogP contribution in [0.15, 0.2) is 36.9 Å². The summed E-state index contributed by atoms with van der Waals surface area (Å²) in [5, 5.41) is 0.559. The molecule has 6 heteroatoms. The summed E-state index contributed by atoms with van der Waals surface area (Å²) in [5.41, 5.74) is 0.827. The summed E-state index contributed by atoms with van der Waals surface area (Å²) in [6.07, 6.45) is -2.70. The minimum absolute atomic E-state index is 0.00775. The molecule has 0 heterocycles. The van der Waals surface area contributed by atoms with Gasteiger partial charge in [0.15, 0.2) is 0 Å². The maximum Gasteiger partial charge on any atom is 0.471 e. The average molecular weight is 306 g/mol. The van der Waals surface area contributed by atoms with Gasteiger partial charge in [-0.1, -0.05) is 29.8 Å². The second-order valence-electron chi connectivity index (χ2n) is 4.24. The SMILES string of the molecule is C=CCCN(CCc1ccc(Cl)cc1)C(=O)C(F)(F)F. The molecule has 1 rings (SSSR count). The number of nitrogens with zero attached hydrogens (tertiary/aromatic N) is 1. The van der Waals surface area contributed by atoms with E-state index in [2.05, 4.69) is 6.58 Å². The molecule has 0 atom stereocenters. The lowest BCUT2D eigenvalue weighted by Crippen LogP contribution is -2.42. The van der Waals surface area contributed by atoms with E-state index in [9.17, 15) is 18.0 Å². The summed E-state index contributed by atoms with van der Waals surface area (Å²) in [6.45, 7) is 3.47. The van der Waals surface area contributed by atoms with Gasteiger partial charge in [0.05, 0.1) is 0 Å². The molecule has 0 unspecified atom stereocenters. The molecule has 0 aliphatic heterocycles. The van der Waals surface area contributed by atoms with Crippen LogP contribution in [0.4, 0.5) is 13.2 Å². The number of carbonyl (C=O) groups is 1. The number of rotatable bonds is 6. The van der Waals surface area contributed by atoms with Gasteiger partial charge in [0.25, 0.3) is 0 Å². The Morgan fingerprint density at radius 1 is 1.25 bits per heavy atom. The van der Waals surface area contributed by atoms with E-state index < -0.39 is 12.1 Å². The van der Waals surface area contributed by atoms with Crippen molar-refractivity contribution in [2.75, 3.05) is 13.1 Å². The number of carbonyl (C=O) groups excluding carboxylic acids is 1. The van der Waals surface area contributed by atoms with Gasteiger partial charge in [0.2, 0.25) is 0 Å². The molecule has 0 bridgehead atoms. The van der Waals surface area contributed by atoms with Gasteiger partial charge in [-0.05, 0) is 30.5 Å². The van der Waals surface area contributed by atoms with Gasteiger partial charge in [-0.25, -0.2) is 0 Å². The molecule has 0 saturated heterocycles. The van der Waals surface area contributed by atoms with Gasteiger partial charge in [-0.15, -0.1) is 6.58 Å². The summed E-state index contributed by atoms with van der Waals surface area (Å²) >= 11 is 5.73. The van der Waals surface area contributed by atoms with E-state index in [-0.39, 0.29) is 13.1 Å². The lowest BCUT2D eigenvalue weighted by Gasteiger charge is -2.23. The molecule has 0 radical (unpaired) electrons. The molecule has 1 aromatic carbocycles. The Labute approximate surface area is 120 Å². The number of hydrogen-bond donors (Lipinski definition) is 0. The van der Waals surface area contributed by atoms with E-state index in [1.54, 1.807) is 24.3 Å². The van der Waals surface area contributed by atoms with Crippen LogP contribution in [0.5, 0.6) is 0 Å². The minimum Gasteiger partial charge on any atom is -0.334 e. The van der Waals surface area contributed by atoms with Crippen LogP contribution >= 0.6 is 11.6 Å². The van der Waals surface area contributed by atoms with E-state index in [0.717, 1.165) is 10.5 Å². The Kier molecular flexibility index (Phi) is 6.07. The lowest BCUT2D eigenvalue weighted by molar-refractivity contribution is -0.185. The molecule has 0 aliphatic carbocycles. The first-order valence-electron chi connectivity index (χ1n) is 6.06. The summed E-state index contributed by atoms with van der Waals surface area (Å²) in [7, 11) is 0. The highest BCUT2D eigenvalue weighted by atomic mass is 35.5. The smallest absolute Gasteiger partial charge is 0.334 e. The zero-order valence-corrected chi connectivity index (χ0v) is 11.5. The van der Waals surface area contributed by atoms with Crippen LogP contribution in [0.2, 0.25) is 5.02 Å². The number of hydrogen-bond acceptors (Lipinski definition) is 1. The fourth-order valence-electron chi connectivity index (χ4n) is 1.66. The van der Waals surface area contributed by atoms with Crippen molar-refractivity contribution in [2.45, 2.75) is 19.0 Å². The van der Waals surface area contributed by atoms with Gasteiger partial charge in [-0.2, -0.15) is 13.2 Å². The molecule has 0 aliphatic rings. The van der Waals surface area contributed by atoms with E-state index >= 15 is 0 Å². The third kappa shape index (κ3) is 5.25. The first kappa shape index (κ1) is 16.6.